The average molecular weight is 344 g/mol. The Hall–Kier alpha value is -3.29. The van der Waals surface area contributed by atoms with E-state index in [-0.39, 0.29) is 17.3 Å². The summed E-state index contributed by atoms with van der Waals surface area (Å²) in [6.45, 7) is 0. The van der Waals surface area contributed by atoms with Crippen LogP contribution in [0, 0.1) is 11.6 Å². The summed E-state index contributed by atoms with van der Waals surface area (Å²) in [6.07, 6.45) is 0.303. The second-order valence-electron chi connectivity index (χ2n) is 5.23. The van der Waals surface area contributed by atoms with E-state index in [1.165, 1.54) is 6.07 Å². The fourth-order valence-corrected chi connectivity index (χ4v) is 2.18. The maximum atomic E-state index is 13.2. The fourth-order valence-electron chi connectivity index (χ4n) is 2.18. The van der Waals surface area contributed by atoms with Gasteiger partial charge in [-0.2, -0.15) is 0 Å². The quantitative estimate of drug-likeness (QED) is 0.744. The molecule has 128 valence electrons. The molecule has 8 heteroatoms. The van der Waals surface area contributed by atoms with Gasteiger partial charge in [0, 0.05) is 18.2 Å². The number of hydrogen-bond donors (Lipinski definition) is 2. The number of rotatable bonds is 5. The zero-order valence-corrected chi connectivity index (χ0v) is 13.2. The van der Waals surface area contributed by atoms with Gasteiger partial charge in [0.2, 0.25) is 5.95 Å². The summed E-state index contributed by atoms with van der Waals surface area (Å²) in [5.41, 5.74) is 0.936. The number of aromatic nitrogens is 3. The maximum absolute atomic E-state index is 13.2. The minimum Gasteiger partial charge on any atom is -0.497 e. The lowest BCUT2D eigenvalue weighted by molar-refractivity contribution is 0.414. The maximum Gasteiger partial charge on any atom is 0.274 e. The summed E-state index contributed by atoms with van der Waals surface area (Å²) < 4.78 is 31.2. The van der Waals surface area contributed by atoms with Gasteiger partial charge in [-0.05, 0) is 29.8 Å². The molecule has 0 aliphatic heterocycles. The molecule has 0 bridgehead atoms. The number of methoxy groups -OCH3 is 1. The Kier molecular flexibility index (Phi) is 4.69. The zero-order valence-electron chi connectivity index (χ0n) is 13.2. The van der Waals surface area contributed by atoms with Crippen molar-refractivity contribution in [2.75, 3.05) is 12.4 Å². The van der Waals surface area contributed by atoms with Crippen molar-refractivity contribution in [3.8, 4) is 5.75 Å². The molecule has 0 amide bonds. The second kappa shape index (κ2) is 7.08. The summed E-state index contributed by atoms with van der Waals surface area (Å²) >= 11 is 0. The molecule has 6 nitrogen and oxygen atoms in total. The van der Waals surface area contributed by atoms with E-state index < -0.39 is 17.2 Å². The number of benzene rings is 2. The minimum absolute atomic E-state index is 0.0366. The van der Waals surface area contributed by atoms with Gasteiger partial charge >= 0.3 is 0 Å². The van der Waals surface area contributed by atoms with Crippen LogP contribution in [-0.2, 0) is 6.42 Å². The smallest absolute Gasteiger partial charge is 0.274 e. The number of halogens is 2. The van der Waals surface area contributed by atoms with Crippen molar-refractivity contribution in [2.24, 2.45) is 0 Å². The monoisotopic (exact) mass is 344 g/mol. The molecule has 1 aromatic heterocycles. The first-order valence-electron chi connectivity index (χ1n) is 7.36. The van der Waals surface area contributed by atoms with Crippen LogP contribution in [0.3, 0.4) is 0 Å². The largest absolute Gasteiger partial charge is 0.497 e. The van der Waals surface area contributed by atoms with E-state index in [1.54, 1.807) is 19.2 Å². The molecule has 0 radical (unpaired) electrons. The van der Waals surface area contributed by atoms with Crippen LogP contribution in [0.15, 0.2) is 47.3 Å². The summed E-state index contributed by atoms with van der Waals surface area (Å²) in [5.74, 6) is -1.21. The van der Waals surface area contributed by atoms with Gasteiger partial charge in [-0.25, -0.2) is 8.78 Å². The molecule has 0 saturated carbocycles. The topological polar surface area (TPSA) is 79.9 Å². The van der Waals surface area contributed by atoms with Gasteiger partial charge in [0.05, 0.1) is 7.11 Å². The van der Waals surface area contributed by atoms with Gasteiger partial charge in [-0.3, -0.25) is 9.78 Å². The van der Waals surface area contributed by atoms with Gasteiger partial charge in [-0.1, -0.05) is 12.1 Å². The Morgan fingerprint density at radius 1 is 1.08 bits per heavy atom. The molecule has 0 fully saturated rings. The van der Waals surface area contributed by atoms with Crippen molar-refractivity contribution in [1.29, 1.82) is 0 Å². The molecule has 3 aromatic rings. The van der Waals surface area contributed by atoms with Crippen LogP contribution in [0.2, 0.25) is 0 Å². The molecule has 0 aliphatic carbocycles. The average Bonchev–Trinajstić information content (AvgIpc) is 2.61. The van der Waals surface area contributed by atoms with E-state index in [0.717, 1.165) is 23.4 Å². The van der Waals surface area contributed by atoms with Crippen molar-refractivity contribution in [3.05, 3.63) is 75.7 Å². The molecule has 3 rings (SSSR count). The van der Waals surface area contributed by atoms with E-state index in [9.17, 15) is 13.6 Å². The highest BCUT2D eigenvalue weighted by atomic mass is 19.2. The first kappa shape index (κ1) is 16.6. The molecule has 25 heavy (non-hydrogen) atoms. The lowest BCUT2D eigenvalue weighted by Gasteiger charge is -2.06. The van der Waals surface area contributed by atoms with E-state index >= 15 is 0 Å². The number of H-pyrrole nitrogens is 1. The van der Waals surface area contributed by atoms with Gasteiger partial charge in [0.15, 0.2) is 11.6 Å². The predicted octanol–water partition coefficient (Wildman–Crippen LogP) is 2.79. The fraction of sp³-hybridized carbons (Fsp3) is 0.118. The van der Waals surface area contributed by atoms with Gasteiger partial charge in [0.25, 0.3) is 5.56 Å². The molecule has 0 unspecified atom stereocenters. The third kappa shape index (κ3) is 3.97. The third-order valence-corrected chi connectivity index (χ3v) is 3.48. The van der Waals surface area contributed by atoms with Crippen LogP contribution in [0.1, 0.15) is 11.3 Å². The Bertz CT molecular complexity index is 942. The highest BCUT2D eigenvalue weighted by molar-refractivity contribution is 5.52. The Morgan fingerprint density at radius 2 is 1.84 bits per heavy atom. The molecule has 0 saturated heterocycles. The number of ether oxygens (including phenoxy) is 1. The summed E-state index contributed by atoms with van der Waals surface area (Å²) in [5, 5.41) is 10.4. The Morgan fingerprint density at radius 3 is 2.48 bits per heavy atom. The minimum atomic E-state index is -1.00. The molecule has 2 N–H and O–H groups in total. The number of aromatic amines is 1. The van der Waals surface area contributed by atoms with Gasteiger partial charge < -0.3 is 10.1 Å². The standard InChI is InChI=1S/C17H14F2N4O2/c1-25-12-5-2-10(3-6-12)8-15-16(24)21-17(23-22-15)20-11-4-7-13(18)14(19)9-11/h2-7,9H,8H2,1H3,(H2,20,21,23,24). The molecule has 1 heterocycles. The van der Waals surface area contributed by atoms with Crippen LogP contribution in [0.25, 0.3) is 0 Å². The number of nitrogens with zero attached hydrogens (tertiary/aromatic N) is 2. The molecule has 2 aromatic carbocycles. The van der Waals surface area contributed by atoms with E-state index in [1.807, 2.05) is 12.1 Å². The summed E-state index contributed by atoms with van der Waals surface area (Å²) in [7, 11) is 1.57. The molecule has 0 spiro atoms. The first-order valence-corrected chi connectivity index (χ1v) is 7.36. The van der Waals surface area contributed by atoms with E-state index in [4.69, 9.17) is 4.74 Å². The lowest BCUT2D eigenvalue weighted by atomic mass is 10.1. The summed E-state index contributed by atoms with van der Waals surface area (Å²) in [4.78, 5) is 14.6. The van der Waals surface area contributed by atoms with Crippen LogP contribution in [0.5, 0.6) is 5.75 Å². The van der Waals surface area contributed by atoms with Crippen LogP contribution >= 0.6 is 0 Å². The second-order valence-corrected chi connectivity index (χ2v) is 5.23. The number of hydrogen-bond acceptors (Lipinski definition) is 5. The van der Waals surface area contributed by atoms with Crippen LogP contribution < -0.4 is 15.6 Å². The van der Waals surface area contributed by atoms with E-state index in [2.05, 4.69) is 20.5 Å². The first-order chi connectivity index (χ1) is 12.0. The highest BCUT2D eigenvalue weighted by Gasteiger charge is 2.08. The Balaban J connectivity index is 1.75. The van der Waals surface area contributed by atoms with Crippen molar-refractivity contribution in [1.82, 2.24) is 15.2 Å². The van der Waals surface area contributed by atoms with Crippen molar-refractivity contribution in [3.63, 3.8) is 0 Å². The van der Waals surface area contributed by atoms with Gasteiger partial charge in [-0.15, -0.1) is 10.2 Å². The predicted molar refractivity (Wildman–Crippen MR) is 88.1 cm³/mol. The number of anilines is 2. The lowest BCUT2D eigenvalue weighted by Crippen LogP contribution is -2.18. The SMILES string of the molecule is COc1ccc(Cc2nnc(Nc3ccc(F)c(F)c3)[nH]c2=O)cc1. The zero-order chi connectivity index (χ0) is 17.8. The Labute approximate surface area is 141 Å². The molecular formula is C17H14F2N4O2. The third-order valence-electron chi connectivity index (χ3n) is 3.48. The number of nitrogens with one attached hydrogen (secondary N) is 2. The van der Waals surface area contributed by atoms with Crippen LogP contribution in [-0.4, -0.2) is 22.3 Å². The van der Waals surface area contributed by atoms with Crippen molar-refractivity contribution >= 4 is 11.6 Å². The molecule has 0 aliphatic rings. The van der Waals surface area contributed by atoms with E-state index in [0.29, 0.717) is 6.42 Å². The van der Waals surface area contributed by atoms with Gasteiger partial charge in [0.1, 0.15) is 11.4 Å². The van der Waals surface area contributed by atoms with Crippen LogP contribution in [0.4, 0.5) is 20.4 Å². The van der Waals surface area contributed by atoms with Crippen molar-refractivity contribution < 1.29 is 13.5 Å². The summed E-state index contributed by atoms with van der Waals surface area (Å²) in [6, 6.07) is 10.5. The highest BCUT2D eigenvalue weighted by Crippen LogP contribution is 2.16. The molecule has 0 atom stereocenters. The van der Waals surface area contributed by atoms with Crippen molar-refractivity contribution in [2.45, 2.75) is 6.42 Å². The molecular weight excluding hydrogens is 330 g/mol. The normalized spacial score (nSPS) is 10.5.